The first-order valence-corrected chi connectivity index (χ1v) is 6.25. The van der Waals surface area contributed by atoms with Gasteiger partial charge in [0.15, 0.2) is 0 Å². The number of alkyl halides is 1. The van der Waals surface area contributed by atoms with Crippen molar-refractivity contribution in [2.75, 3.05) is 19.0 Å². The normalized spacial score (nSPS) is 9.94. The zero-order chi connectivity index (χ0) is 12.0. The summed E-state index contributed by atoms with van der Waals surface area (Å²) in [6.45, 7) is 0.551. The smallest absolute Gasteiger partial charge is 0.337 e. The Hall–Kier alpha value is -0.740. The number of hydrogen-bond donors (Lipinski definition) is 0. The third kappa shape index (κ3) is 3.68. The standard InChI is InChI=1S/C11H12BrClO3/c1-15-11(14)8-3-4-9(13)10(7-8)16-6-2-5-12/h3-4,7H,2,5-6H2,1H3. The lowest BCUT2D eigenvalue weighted by atomic mass is 10.2. The van der Waals surface area contributed by atoms with Gasteiger partial charge in [0.2, 0.25) is 0 Å². The van der Waals surface area contributed by atoms with Crippen molar-refractivity contribution in [2.24, 2.45) is 0 Å². The number of methoxy groups -OCH3 is 1. The Morgan fingerprint density at radius 2 is 2.25 bits per heavy atom. The Bertz CT molecular complexity index is 368. The maximum atomic E-state index is 11.3. The predicted octanol–water partition coefficient (Wildman–Crippen LogP) is 3.29. The van der Waals surface area contributed by atoms with Crippen LogP contribution >= 0.6 is 27.5 Å². The van der Waals surface area contributed by atoms with Crippen LogP contribution in [0.5, 0.6) is 5.75 Å². The molecular weight excluding hydrogens is 295 g/mol. The lowest BCUT2D eigenvalue weighted by molar-refractivity contribution is 0.0600. The van der Waals surface area contributed by atoms with Crippen molar-refractivity contribution >= 4 is 33.5 Å². The quantitative estimate of drug-likeness (QED) is 0.476. The van der Waals surface area contributed by atoms with Crippen LogP contribution < -0.4 is 4.74 Å². The molecule has 0 saturated carbocycles. The summed E-state index contributed by atoms with van der Waals surface area (Å²) in [5, 5.41) is 1.35. The predicted molar refractivity (Wildman–Crippen MR) is 66.7 cm³/mol. The second kappa shape index (κ2) is 6.76. The average Bonchev–Trinajstić information content (AvgIpc) is 2.31. The molecular formula is C11H12BrClO3. The van der Waals surface area contributed by atoms with E-state index in [2.05, 4.69) is 20.7 Å². The van der Waals surface area contributed by atoms with Gasteiger partial charge < -0.3 is 9.47 Å². The number of benzene rings is 1. The van der Waals surface area contributed by atoms with Crippen molar-refractivity contribution in [3.63, 3.8) is 0 Å². The molecule has 0 amide bonds. The maximum Gasteiger partial charge on any atom is 0.337 e. The number of carbonyl (C=O) groups is 1. The third-order valence-corrected chi connectivity index (χ3v) is 2.76. The zero-order valence-corrected chi connectivity index (χ0v) is 11.2. The van der Waals surface area contributed by atoms with E-state index in [-0.39, 0.29) is 0 Å². The molecule has 0 aliphatic rings. The van der Waals surface area contributed by atoms with Gasteiger partial charge in [-0.15, -0.1) is 0 Å². The number of rotatable bonds is 5. The van der Waals surface area contributed by atoms with Gasteiger partial charge in [0.1, 0.15) is 5.75 Å². The van der Waals surface area contributed by atoms with E-state index in [0.717, 1.165) is 11.8 Å². The Morgan fingerprint density at radius 3 is 2.88 bits per heavy atom. The fourth-order valence-electron chi connectivity index (χ4n) is 1.10. The minimum Gasteiger partial charge on any atom is -0.492 e. The molecule has 0 saturated heterocycles. The second-order valence-corrected chi connectivity index (χ2v) is 4.23. The molecule has 88 valence electrons. The van der Waals surface area contributed by atoms with Crippen LogP contribution in [0.15, 0.2) is 18.2 Å². The summed E-state index contributed by atoms with van der Waals surface area (Å²) in [4.78, 5) is 11.3. The van der Waals surface area contributed by atoms with Gasteiger partial charge in [-0.05, 0) is 24.6 Å². The van der Waals surface area contributed by atoms with Gasteiger partial charge in [-0.2, -0.15) is 0 Å². The Morgan fingerprint density at radius 1 is 1.50 bits per heavy atom. The van der Waals surface area contributed by atoms with E-state index in [1.165, 1.54) is 7.11 Å². The van der Waals surface area contributed by atoms with Crippen LogP contribution in [0.4, 0.5) is 0 Å². The molecule has 16 heavy (non-hydrogen) atoms. The van der Waals surface area contributed by atoms with E-state index < -0.39 is 5.97 Å². The third-order valence-electron chi connectivity index (χ3n) is 1.89. The highest BCUT2D eigenvalue weighted by molar-refractivity contribution is 9.09. The molecule has 5 heteroatoms. The lowest BCUT2D eigenvalue weighted by Gasteiger charge is -2.08. The lowest BCUT2D eigenvalue weighted by Crippen LogP contribution is -2.03. The molecule has 0 radical (unpaired) electrons. The van der Waals surface area contributed by atoms with Crippen molar-refractivity contribution in [3.8, 4) is 5.75 Å². The number of hydrogen-bond acceptors (Lipinski definition) is 3. The van der Waals surface area contributed by atoms with Gasteiger partial charge in [0.05, 0.1) is 24.3 Å². The molecule has 0 unspecified atom stereocenters. The molecule has 0 atom stereocenters. The summed E-state index contributed by atoms with van der Waals surface area (Å²) < 4.78 is 10.1. The average molecular weight is 308 g/mol. The highest BCUT2D eigenvalue weighted by atomic mass is 79.9. The van der Waals surface area contributed by atoms with Crippen LogP contribution in [0.2, 0.25) is 5.02 Å². The van der Waals surface area contributed by atoms with Gasteiger partial charge in [-0.1, -0.05) is 27.5 Å². The van der Waals surface area contributed by atoms with E-state index in [9.17, 15) is 4.79 Å². The SMILES string of the molecule is COC(=O)c1ccc(Cl)c(OCCCBr)c1. The van der Waals surface area contributed by atoms with E-state index in [0.29, 0.717) is 22.9 Å². The van der Waals surface area contributed by atoms with Gasteiger partial charge in [0, 0.05) is 5.33 Å². The Labute approximate surface area is 108 Å². The summed E-state index contributed by atoms with van der Waals surface area (Å²) in [5.74, 6) is 0.104. The van der Waals surface area contributed by atoms with Crippen molar-refractivity contribution in [2.45, 2.75) is 6.42 Å². The van der Waals surface area contributed by atoms with Gasteiger partial charge in [0.25, 0.3) is 0 Å². The number of carbonyl (C=O) groups excluding carboxylic acids is 1. The molecule has 1 aromatic rings. The molecule has 3 nitrogen and oxygen atoms in total. The molecule has 0 aliphatic heterocycles. The van der Waals surface area contributed by atoms with Gasteiger partial charge in [-0.3, -0.25) is 0 Å². The van der Waals surface area contributed by atoms with Crippen molar-refractivity contribution in [1.82, 2.24) is 0 Å². The highest BCUT2D eigenvalue weighted by Gasteiger charge is 2.09. The minimum atomic E-state index is -0.401. The van der Waals surface area contributed by atoms with E-state index in [4.69, 9.17) is 16.3 Å². The van der Waals surface area contributed by atoms with E-state index >= 15 is 0 Å². The van der Waals surface area contributed by atoms with Crippen LogP contribution in [0.25, 0.3) is 0 Å². The Kier molecular flexibility index (Phi) is 5.63. The summed E-state index contributed by atoms with van der Waals surface area (Å²) in [7, 11) is 1.34. The molecule has 0 fully saturated rings. The maximum absolute atomic E-state index is 11.3. The number of halogens is 2. The van der Waals surface area contributed by atoms with E-state index in [1.807, 2.05) is 0 Å². The molecule has 1 aromatic carbocycles. The number of ether oxygens (including phenoxy) is 2. The summed E-state index contributed by atoms with van der Waals surface area (Å²) in [5.41, 5.74) is 0.431. The molecule has 1 rings (SSSR count). The van der Waals surface area contributed by atoms with Crippen LogP contribution in [0.1, 0.15) is 16.8 Å². The Balaban J connectivity index is 2.78. The summed E-state index contributed by atoms with van der Waals surface area (Å²) in [6, 6.07) is 4.81. The topological polar surface area (TPSA) is 35.5 Å². The van der Waals surface area contributed by atoms with Crippen molar-refractivity contribution in [1.29, 1.82) is 0 Å². The first-order chi connectivity index (χ1) is 7.69. The fraction of sp³-hybridized carbons (Fsp3) is 0.364. The van der Waals surface area contributed by atoms with E-state index in [1.54, 1.807) is 18.2 Å². The van der Waals surface area contributed by atoms with Crippen molar-refractivity contribution in [3.05, 3.63) is 28.8 Å². The molecule has 0 aliphatic carbocycles. The zero-order valence-electron chi connectivity index (χ0n) is 8.83. The summed E-state index contributed by atoms with van der Waals surface area (Å²) >= 11 is 9.24. The van der Waals surface area contributed by atoms with Crippen LogP contribution in [0, 0.1) is 0 Å². The highest BCUT2D eigenvalue weighted by Crippen LogP contribution is 2.26. The largest absolute Gasteiger partial charge is 0.492 e. The molecule has 0 spiro atoms. The fourth-order valence-corrected chi connectivity index (χ4v) is 1.50. The molecule has 0 aromatic heterocycles. The van der Waals surface area contributed by atoms with Crippen LogP contribution in [-0.2, 0) is 4.74 Å². The van der Waals surface area contributed by atoms with Crippen LogP contribution in [0.3, 0.4) is 0 Å². The first-order valence-electron chi connectivity index (χ1n) is 4.75. The van der Waals surface area contributed by atoms with Gasteiger partial charge >= 0.3 is 5.97 Å². The van der Waals surface area contributed by atoms with Crippen molar-refractivity contribution < 1.29 is 14.3 Å². The second-order valence-electron chi connectivity index (χ2n) is 3.03. The number of esters is 1. The van der Waals surface area contributed by atoms with Gasteiger partial charge in [-0.25, -0.2) is 4.79 Å². The molecule has 0 N–H and O–H groups in total. The molecule has 0 heterocycles. The first kappa shape index (κ1) is 13.3. The molecule has 0 bridgehead atoms. The summed E-state index contributed by atoms with van der Waals surface area (Å²) in [6.07, 6.45) is 0.874. The van der Waals surface area contributed by atoms with Crippen LogP contribution in [-0.4, -0.2) is 25.0 Å². The monoisotopic (exact) mass is 306 g/mol. The minimum absolute atomic E-state index is 0.401.